The second-order valence-corrected chi connectivity index (χ2v) is 6.44. The van der Waals surface area contributed by atoms with Crippen LogP contribution in [0.15, 0.2) is 73.6 Å². The molecule has 1 heterocycles. The number of aromatic nitrogens is 1. The van der Waals surface area contributed by atoms with Gasteiger partial charge < -0.3 is 15.8 Å². The SMILES string of the molecule is C1CC1.C=C(Nc1cc(-c2cccnc2)ccc1N)c1ccc(OC)cc1. The molecule has 1 aromatic heterocycles. The molecular formula is C23H25N3O. The first-order chi connectivity index (χ1) is 13.2. The van der Waals surface area contributed by atoms with Gasteiger partial charge in [0.2, 0.25) is 0 Å². The van der Waals surface area contributed by atoms with Crippen LogP contribution < -0.4 is 15.8 Å². The molecule has 1 aliphatic rings. The highest BCUT2D eigenvalue weighted by Gasteiger charge is 2.06. The molecule has 4 heteroatoms. The van der Waals surface area contributed by atoms with Crippen molar-refractivity contribution in [3.05, 3.63) is 79.1 Å². The van der Waals surface area contributed by atoms with Gasteiger partial charge in [-0.2, -0.15) is 0 Å². The summed E-state index contributed by atoms with van der Waals surface area (Å²) in [6, 6.07) is 17.5. The number of benzene rings is 2. The Morgan fingerprint density at radius 2 is 1.78 bits per heavy atom. The Hall–Kier alpha value is -3.27. The summed E-state index contributed by atoms with van der Waals surface area (Å²) in [4.78, 5) is 4.16. The van der Waals surface area contributed by atoms with Gasteiger partial charge in [-0.15, -0.1) is 0 Å². The second kappa shape index (κ2) is 8.90. The molecule has 4 nitrogen and oxygen atoms in total. The predicted octanol–water partition coefficient (Wildman–Crippen LogP) is 5.59. The average molecular weight is 359 g/mol. The minimum atomic E-state index is 0.664. The molecule has 0 unspecified atom stereocenters. The molecule has 0 aliphatic heterocycles. The van der Waals surface area contributed by atoms with Gasteiger partial charge in [0.05, 0.1) is 18.5 Å². The largest absolute Gasteiger partial charge is 0.497 e. The van der Waals surface area contributed by atoms with Crippen LogP contribution in [0.3, 0.4) is 0 Å². The zero-order valence-electron chi connectivity index (χ0n) is 15.6. The molecule has 1 aliphatic carbocycles. The second-order valence-electron chi connectivity index (χ2n) is 6.44. The van der Waals surface area contributed by atoms with E-state index < -0.39 is 0 Å². The molecule has 27 heavy (non-hydrogen) atoms. The first-order valence-corrected chi connectivity index (χ1v) is 9.07. The molecule has 0 amide bonds. The quantitative estimate of drug-likeness (QED) is 0.583. The van der Waals surface area contributed by atoms with Crippen LogP contribution >= 0.6 is 0 Å². The maximum atomic E-state index is 6.10. The van der Waals surface area contributed by atoms with E-state index in [1.54, 1.807) is 13.3 Å². The van der Waals surface area contributed by atoms with Gasteiger partial charge in [-0.05, 0) is 53.6 Å². The summed E-state index contributed by atoms with van der Waals surface area (Å²) in [5.41, 5.74) is 11.4. The van der Waals surface area contributed by atoms with E-state index in [0.29, 0.717) is 5.69 Å². The number of nitrogens with zero attached hydrogens (tertiary/aromatic N) is 1. The van der Waals surface area contributed by atoms with E-state index in [-0.39, 0.29) is 0 Å². The van der Waals surface area contributed by atoms with Crippen molar-refractivity contribution in [3.63, 3.8) is 0 Å². The van der Waals surface area contributed by atoms with Gasteiger partial charge in [0.1, 0.15) is 5.75 Å². The number of hydrogen-bond donors (Lipinski definition) is 2. The lowest BCUT2D eigenvalue weighted by Crippen LogP contribution is -2.01. The molecule has 0 bridgehead atoms. The normalized spacial score (nSPS) is 11.7. The Labute approximate surface area is 160 Å². The molecular weight excluding hydrogens is 334 g/mol. The van der Waals surface area contributed by atoms with Crippen LogP contribution in [0.2, 0.25) is 0 Å². The third kappa shape index (κ3) is 5.35. The van der Waals surface area contributed by atoms with E-state index in [2.05, 4.69) is 16.9 Å². The minimum Gasteiger partial charge on any atom is -0.497 e. The van der Waals surface area contributed by atoms with Crippen LogP contribution in [-0.2, 0) is 0 Å². The molecule has 3 aromatic rings. The van der Waals surface area contributed by atoms with Crippen LogP contribution in [0.5, 0.6) is 5.75 Å². The molecule has 138 valence electrons. The lowest BCUT2D eigenvalue weighted by atomic mass is 10.1. The van der Waals surface area contributed by atoms with E-state index in [0.717, 1.165) is 33.8 Å². The van der Waals surface area contributed by atoms with Crippen molar-refractivity contribution in [2.75, 3.05) is 18.2 Å². The van der Waals surface area contributed by atoms with Gasteiger partial charge in [0.15, 0.2) is 0 Å². The van der Waals surface area contributed by atoms with Crippen molar-refractivity contribution >= 4 is 17.1 Å². The monoisotopic (exact) mass is 359 g/mol. The summed E-state index contributed by atoms with van der Waals surface area (Å²) in [5, 5.41) is 3.29. The third-order valence-electron chi connectivity index (χ3n) is 4.13. The summed E-state index contributed by atoms with van der Waals surface area (Å²) in [6.45, 7) is 4.10. The summed E-state index contributed by atoms with van der Waals surface area (Å²) < 4.78 is 5.18. The minimum absolute atomic E-state index is 0.664. The maximum Gasteiger partial charge on any atom is 0.118 e. The van der Waals surface area contributed by atoms with Crippen molar-refractivity contribution in [2.45, 2.75) is 19.3 Å². The molecule has 2 aromatic carbocycles. The summed E-state index contributed by atoms with van der Waals surface area (Å²) in [5.74, 6) is 0.810. The number of anilines is 2. The predicted molar refractivity (Wildman–Crippen MR) is 114 cm³/mol. The average Bonchev–Trinajstić information content (AvgIpc) is 3.60. The smallest absolute Gasteiger partial charge is 0.118 e. The van der Waals surface area contributed by atoms with Crippen LogP contribution in [0.1, 0.15) is 24.8 Å². The first-order valence-electron chi connectivity index (χ1n) is 9.07. The van der Waals surface area contributed by atoms with Gasteiger partial charge in [-0.25, -0.2) is 0 Å². The molecule has 1 saturated carbocycles. The van der Waals surface area contributed by atoms with Gasteiger partial charge in [0, 0.05) is 23.7 Å². The van der Waals surface area contributed by atoms with Crippen molar-refractivity contribution in [2.24, 2.45) is 0 Å². The summed E-state index contributed by atoms with van der Waals surface area (Å²) in [7, 11) is 1.65. The van der Waals surface area contributed by atoms with E-state index in [4.69, 9.17) is 10.5 Å². The number of nitrogens with one attached hydrogen (secondary N) is 1. The van der Waals surface area contributed by atoms with Gasteiger partial charge >= 0.3 is 0 Å². The van der Waals surface area contributed by atoms with Crippen molar-refractivity contribution in [1.82, 2.24) is 4.98 Å². The molecule has 0 saturated heterocycles. The topological polar surface area (TPSA) is 60.2 Å². The Kier molecular flexibility index (Phi) is 6.10. The fourth-order valence-corrected chi connectivity index (χ4v) is 2.40. The van der Waals surface area contributed by atoms with Crippen LogP contribution in [0.25, 0.3) is 16.8 Å². The van der Waals surface area contributed by atoms with Crippen LogP contribution in [-0.4, -0.2) is 12.1 Å². The van der Waals surface area contributed by atoms with Crippen molar-refractivity contribution < 1.29 is 4.74 Å². The number of pyridine rings is 1. The van der Waals surface area contributed by atoms with Crippen molar-refractivity contribution in [1.29, 1.82) is 0 Å². The van der Waals surface area contributed by atoms with E-state index in [1.165, 1.54) is 19.3 Å². The lowest BCUT2D eigenvalue weighted by molar-refractivity contribution is 0.415. The van der Waals surface area contributed by atoms with Crippen LogP contribution in [0.4, 0.5) is 11.4 Å². The first kappa shape index (κ1) is 18.5. The molecule has 4 rings (SSSR count). The molecule has 1 fully saturated rings. The number of hydrogen-bond acceptors (Lipinski definition) is 4. The van der Waals surface area contributed by atoms with Gasteiger partial charge in [-0.3, -0.25) is 4.98 Å². The standard InChI is InChI=1S/C20H19N3O.C3H6/c1-14(15-5-8-18(24-2)9-6-15)23-20-12-16(7-10-19(20)21)17-4-3-11-22-13-17;1-2-3-1/h3-13,23H,1,21H2,2H3;1-3H2. The van der Waals surface area contributed by atoms with Crippen molar-refractivity contribution in [3.8, 4) is 16.9 Å². The fraction of sp³-hybridized carbons (Fsp3) is 0.174. The highest BCUT2D eigenvalue weighted by atomic mass is 16.5. The Bertz CT molecular complexity index is 885. The number of ether oxygens (including phenoxy) is 1. The summed E-state index contributed by atoms with van der Waals surface area (Å²) in [6.07, 6.45) is 8.08. The zero-order valence-corrected chi connectivity index (χ0v) is 15.6. The number of methoxy groups -OCH3 is 1. The lowest BCUT2D eigenvalue weighted by Gasteiger charge is -2.14. The molecule has 0 atom stereocenters. The van der Waals surface area contributed by atoms with E-state index in [9.17, 15) is 0 Å². The number of nitrogen functional groups attached to an aromatic ring is 1. The molecule has 3 N–H and O–H groups in total. The van der Waals surface area contributed by atoms with Gasteiger partial charge in [-0.1, -0.05) is 38.0 Å². The number of nitrogens with two attached hydrogens (primary N) is 1. The summed E-state index contributed by atoms with van der Waals surface area (Å²) >= 11 is 0. The fourth-order valence-electron chi connectivity index (χ4n) is 2.40. The van der Waals surface area contributed by atoms with E-state index in [1.807, 2.05) is 60.8 Å². The van der Waals surface area contributed by atoms with Crippen LogP contribution in [0, 0.1) is 0 Å². The Morgan fingerprint density at radius 3 is 2.37 bits per heavy atom. The third-order valence-corrected chi connectivity index (χ3v) is 4.13. The molecule has 0 radical (unpaired) electrons. The Morgan fingerprint density at radius 1 is 1.04 bits per heavy atom. The highest BCUT2D eigenvalue weighted by Crippen LogP contribution is 2.29. The van der Waals surface area contributed by atoms with Gasteiger partial charge in [0.25, 0.3) is 0 Å². The highest BCUT2D eigenvalue weighted by molar-refractivity contribution is 5.84. The van der Waals surface area contributed by atoms with E-state index >= 15 is 0 Å². The Balaban J connectivity index is 0.000000637. The number of rotatable bonds is 5. The zero-order chi connectivity index (χ0) is 19.1. The maximum absolute atomic E-state index is 6.10. The molecule has 0 spiro atoms.